The summed E-state index contributed by atoms with van der Waals surface area (Å²) in [7, 11) is 0. The first-order valence-electron chi connectivity index (χ1n) is 10.6. The van der Waals surface area contributed by atoms with Gasteiger partial charge in [-0.2, -0.15) is 13.2 Å². The summed E-state index contributed by atoms with van der Waals surface area (Å²) in [6.07, 6.45) is 0.945. The van der Waals surface area contributed by atoms with Crippen LogP contribution in [0.3, 0.4) is 0 Å². The molecule has 7 heteroatoms. The van der Waals surface area contributed by atoms with Crippen molar-refractivity contribution >= 4 is 23.6 Å². The number of alkyl halides is 3. The van der Waals surface area contributed by atoms with Crippen molar-refractivity contribution in [2.75, 3.05) is 0 Å². The molecule has 0 radical (unpaired) electrons. The average molecular weight is 449 g/mol. The van der Waals surface area contributed by atoms with Crippen LogP contribution in [0.2, 0.25) is 0 Å². The second-order valence-corrected chi connectivity index (χ2v) is 8.36. The topological polar surface area (TPSA) is 60.2 Å². The van der Waals surface area contributed by atoms with Crippen LogP contribution in [0.25, 0.3) is 23.3 Å². The summed E-state index contributed by atoms with van der Waals surface area (Å²) in [6, 6.07) is 14.3. The Labute approximate surface area is 186 Å². The van der Waals surface area contributed by atoms with E-state index in [1.807, 2.05) is 24.3 Å². The van der Waals surface area contributed by atoms with Crippen LogP contribution in [-0.2, 0) is 19.0 Å². The maximum absolute atomic E-state index is 13.3. The summed E-state index contributed by atoms with van der Waals surface area (Å²) in [5.74, 6) is -1.19. The van der Waals surface area contributed by atoms with Gasteiger partial charge in [0, 0.05) is 23.6 Å². The van der Waals surface area contributed by atoms with Crippen LogP contribution < -0.4 is 10.4 Å². The Bertz CT molecular complexity index is 1440. The van der Waals surface area contributed by atoms with E-state index < -0.39 is 34.1 Å². The number of nitrogens with zero attached hydrogens (tertiary/aromatic N) is 1. The predicted octanol–water partition coefficient (Wildman–Crippen LogP) is 4.84. The number of rotatable bonds is 3. The number of hydrogen-bond donors (Lipinski definition) is 0. The minimum absolute atomic E-state index is 0.291. The molecule has 0 saturated carbocycles. The number of nitro groups is 1. The molecule has 5 rings (SSSR count). The highest BCUT2D eigenvalue weighted by atomic mass is 19.4. The third-order valence-corrected chi connectivity index (χ3v) is 6.38. The van der Waals surface area contributed by atoms with Crippen molar-refractivity contribution in [1.82, 2.24) is 0 Å². The van der Waals surface area contributed by atoms with Crippen LogP contribution in [-0.4, -0.2) is 10.7 Å². The third kappa shape index (κ3) is 3.73. The number of hydrogen-bond acceptors (Lipinski definition) is 3. The molecule has 0 aromatic heterocycles. The van der Waals surface area contributed by atoms with Gasteiger partial charge in [0.1, 0.15) is 0 Å². The highest BCUT2D eigenvalue weighted by molar-refractivity contribution is 6.02. The third-order valence-electron chi connectivity index (χ3n) is 6.38. The van der Waals surface area contributed by atoms with E-state index in [1.54, 1.807) is 0 Å². The van der Waals surface area contributed by atoms with E-state index >= 15 is 0 Å². The Balaban J connectivity index is 1.61. The lowest BCUT2D eigenvalue weighted by Gasteiger charge is -2.21. The first-order chi connectivity index (χ1) is 15.7. The first kappa shape index (κ1) is 21.1. The van der Waals surface area contributed by atoms with Crippen LogP contribution >= 0.6 is 0 Å². The van der Waals surface area contributed by atoms with Crippen LogP contribution in [0.4, 0.5) is 18.9 Å². The van der Waals surface area contributed by atoms with Gasteiger partial charge in [-0.25, -0.2) is 0 Å². The molecule has 3 aromatic rings. The molecular formula is C26H18F3NO3. The summed E-state index contributed by atoms with van der Waals surface area (Å²) in [6.45, 7) is 0. The molecule has 0 bridgehead atoms. The molecule has 1 unspecified atom stereocenters. The molecule has 33 heavy (non-hydrogen) atoms. The minimum Gasteiger partial charge on any atom is -0.294 e. The molecule has 2 aliphatic rings. The number of aryl methyl sites for hydroxylation is 1. The van der Waals surface area contributed by atoms with Crippen molar-refractivity contribution < 1.29 is 22.9 Å². The van der Waals surface area contributed by atoms with E-state index in [-0.39, 0.29) is 5.56 Å². The molecule has 1 atom stereocenters. The van der Waals surface area contributed by atoms with Gasteiger partial charge in [0.15, 0.2) is 5.78 Å². The lowest BCUT2D eigenvalue weighted by Crippen LogP contribution is -2.37. The SMILES string of the molecule is O=C(c1cc([N+](=O)[O-])cc(C(F)(F)F)c1)C1C=c2c(ccc3c2=CCc2ccccc2-3)CC1. The molecule has 0 spiro atoms. The van der Waals surface area contributed by atoms with E-state index in [1.165, 1.54) is 5.56 Å². The molecular weight excluding hydrogens is 431 g/mol. The van der Waals surface area contributed by atoms with E-state index in [0.29, 0.717) is 25.0 Å². The van der Waals surface area contributed by atoms with Gasteiger partial charge < -0.3 is 0 Å². The molecule has 2 aliphatic carbocycles. The predicted molar refractivity (Wildman–Crippen MR) is 118 cm³/mol. The number of carbonyl (C=O) groups is 1. The average Bonchev–Trinajstić information content (AvgIpc) is 2.82. The maximum atomic E-state index is 13.3. The first-order valence-corrected chi connectivity index (χ1v) is 10.6. The van der Waals surface area contributed by atoms with Crippen LogP contribution in [0.1, 0.15) is 33.5 Å². The van der Waals surface area contributed by atoms with Crippen molar-refractivity contribution in [2.45, 2.75) is 25.4 Å². The summed E-state index contributed by atoms with van der Waals surface area (Å²) in [5.41, 5.74) is 2.27. The van der Waals surface area contributed by atoms with Gasteiger partial charge in [-0.15, -0.1) is 0 Å². The van der Waals surface area contributed by atoms with Crippen molar-refractivity contribution in [3.63, 3.8) is 0 Å². The van der Waals surface area contributed by atoms with Gasteiger partial charge in [-0.05, 0) is 58.0 Å². The number of Topliss-reactive ketones (excluding diaryl/α,β-unsaturated/α-hetero) is 1. The zero-order valence-electron chi connectivity index (χ0n) is 17.4. The number of ketones is 1. The van der Waals surface area contributed by atoms with Crippen molar-refractivity contribution in [1.29, 1.82) is 0 Å². The molecule has 166 valence electrons. The van der Waals surface area contributed by atoms with Gasteiger partial charge in [0.2, 0.25) is 0 Å². The monoisotopic (exact) mass is 449 g/mol. The van der Waals surface area contributed by atoms with E-state index in [2.05, 4.69) is 24.3 Å². The molecule has 4 nitrogen and oxygen atoms in total. The lowest BCUT2D eigenvalue weighted by atomic mass is 9.82. The number of nitro benzene ring substituents is 1. The molecule has 0 fully saturated rings. The fourth-order valence-corrected chi connectivity index (χ4v) is 4.76. The molecule has 0 saturated heterocycles. The van der Waals surface area contributed by atoms with Crippen LogP contribution in [0.5, 0.6) is 0 Å². The zero-order valence-corrected chi connectivity index (χ0v) is 17.4. The molecule has 0 amide bonds. The number of fused-ring (bicyclic) bond motifs is 5. The standard InChI is InChI=1S/C26H18F3NO3/c27-26(28,29)19-11-18(12-20(14-19)30(32)33)25(31)17-6-5-16-8-9-22-21-4-2-1-3-15(21)7-10-23(22)24(16)13-17/h1-4,8-14,17H,5-7H2. The van der Waals surface area contributed by atoms with E-state index in [0.717, 1.165) is 39.6 Å². The minimum atomic E-state index is -4.79. The van der Waals surface area contributed by atoms with Crippen LogP contribution in [0.15, 0.2) is 54.6 Å². The van der Waals surface area contributed by atoms with Crippen molar-refractivity contribution in [3.8, 4) is 11.1 Å². The lowest BCUT2D eigenvalue weighted by molar-refractivity contribution is -0.385. The Morgan fingerprint density at radius 1 is 0.970 bits per heavy atom. The zero-order chi connectivity index (χ0) is 23.3. The summed E-state index contributed by atoms with van der Waals surface area (Å²) >= 11 is 0. The Morgan fingerprint density at radius 2 is 1.76 bits per heavy atom. The molecule has 0 heterocycles. The Morgan fingerprint density at radius 3 is 2.52 bits per heavy atom. The quantitative estimate of drug-likeness (QED) is 0.327. The highest BCUT2D eigenvalue weighted by Gasteiger charge is 2.34. The largest absolute Gasteiger partial charge is 0.416 e. The van der Waals surface area contributed by atoms with E-state index in [9.17, 15) is 28.1 Å². The molecule has 0 N–H and O–H groups in total. The number of benzene rings is 3. The van der Waals surface area contributed by atoms with Gasteiger partial charge in [0.25, 0.3) is 5.69 Å². The van der Waals surface area contributed by atoms with Gasteiger partial charge >= 0.3 is 6.18 Å². The second kappa shape index (κ2) is 7.69. The van der Waals surface area contributed by atoms with Crippen molar-refractivity contribution in [2.24, 2.45) is 5.92 Å². The smallest absolute Gasteiger partial charge is 0.294 e. The summed E-state index contributed by atoms with van der Waals surface area (Å²) in [4.78, 5) is 23.5. The van der Waals surface area contributed by atoms with Crippen LogP contribution in [0, 0.1) is 16.0 Å². The van der Waals surface area contributed by atoms with Gasteiger partial charge in [-0.1, -0.05) is 48.6 Å². The Hall–Kier alpha value is -3.74. The van der Waals surface area contributed by atoms with Gasteiger partial charge in [-0.3, -0.25) is 14.9 Å². The summed E-state index contributed by atoms with van der Waals surface area (Å²) < 4.78 is 39.8. The van der Waals surface area contributed by atoms with E-state index in [4.69, 9.17) is 0 Å². The number of carbonyl (C=O) groups excluding carboxylic acids is 1. The number of non-ortho nitro benzene ring substituents is 1. The normalized spacial score (nSPS) is 16.5. The number of halogens is 3. The Kier molecular flexibility index (Phi) is 4.92. The maximum Gasteiger partial charge on any atom is 0.416 e. The summed E-state index contributed by atoms with van der Waals surface area (Å²) in [5, 5.41) is 13.1. The van der Waals surface area contributed by atoms with Gasteiger partial charge in [0.05, 0.1) is 10.5 Å². The highest BCUT2D eigenvalue weighted by Crippen LogP contribution is 2.34. The van der Waals surface area contributed by atoms with Crippen molar-refractivity contribution in [3.05, 3.63) is 97.4 Å². The molecule has 3 aromatic carbocycles. The molecule has 0 aliphatic heterocycles. The fourth-order valence-electron chi connectivity index (χ4n) is 4.76. The fraction of sp³-hybridized carbons (Fsp3) is 0.192. The second-order valence-electron chi connectivity index (χ2n) is 8.36.